The molecule has 3 rings (SSSR count). The number of carbonyl (C=O) groups excluding carboxylic acids is 2. The molecule has 0 radical (unpaired) electrons. The molecule has 0 atom stereocenters. The van der Waals surface area contributed by atoms with Gasteiger partial charge in [-0.1, -0.05) is 26.0 Å². The van der Waals surface area contributed by atoms with Crippen molar-refractivity contribution >= 4 is 23.5 Å². The van der Waals surface area contributed by atoms with Gasteiger partial charge in [0.1, 0.15) is 0 Å². The zero-order valence-electron chi connectivity index (χ0n) is 17.1. The predicted octanol–water partition coefficient (Wildman–Crippen LogP) is 3.13. The van der Waals surface area contributed by atoms with Crippen molar-refractivity contribution in [1.82, 2.24) is 15.1 Å². The van der Waals surface area contributed by atoms with Crippen LogP contribution in [0.25, 0.3) is 0 Å². The van der Waals surface area contributed by atoms with Gasteiger partial charge in [-0.15, -0.1) is 10.2 Å². The summed E-state index contributed by atoms with van der Waals surface area (Å²) in [6.07, 6.45) is -0.285. The second-order valence-electron chi connectivity index (χ2n) is 7.18. The van der Waals surface area contributed by atoms with E-state index in [1.54, 1.807) is 24.0 Å². The third-order valence-corrected chi connectivity index (χ3v) is 4.85. The SMILES string of the molecule is CCOC(=O)N1CCN(c2ccc(C(=O)Nc3ccc(C(C)C)cc3)nn2)CC1. The van der Waals surface area contributed by atoms with Crippen LogP contribution in [-0.4, -0.2) is 59.9 Å². The lowest BCUT2D eigenvalue weighted by Gasteiger charge is -2.34. The molecule has 1 fully saturated rings. The number of hydrogen-bond donors (Lipinski definition) is 1. The Morgan fingerprint density at radius 2 is 1.72 bits per heavy atom. The minimum absolute atomic E-state index is 0.256. The quantitative estimate of drug-likeness (QED) is 0.834. The largest absolute Gasteiger partial charge is 0.450 e. The molecule has 2 heterocycles. The maximum Gasteiger partial charge on any atom is 0.409 e. The van der Waals surface area contributed by atoms with E-state index in [2.05, 4.69) is 29.4 Å². The molecule has 0 saturated carbocycles. The first-order chi connectivity index (χ1) is 14.0. The van der Waals surface area contributed by atoms with Gasteiger partial charge in [0, 0.05) is 31.9 Å². The topological polar surface area (TPSA) is 87.7 Å². The summed E-state index contributed by atoms with van der Waals surface area (Å²) < 4.78 is 5.03. The van der Waals surface area contributed by atoms with Gasteiger partial charge in [-0.25, -0.2) is 4.79 Å². The molecule has 2 amide bonds. The van der Waals surface area contributed by atoms with E-state index in [0.717, 1.165) is 5.69 Å². The van der Waals surface area contributed by atoms with Gasteiger partial charge in [-0.3, -0.25) is 4.79 Å². The normalized spacial score (nSPS) is 14.1. The van der Waals surface area contributed by atoms with Gasteiger partial charge >= 0.3 is 6.09 Å². The lowest BCUT2D eigenvalue weighted by Crippen LogP contribution is -2.49. The molecule has 1 saturated heterocycles. The van der Waals surface area contributed by atoms with E-state index in [0.29, 0.717) is 44.5 Å². The summed E-state index contributed by atoms with van der Waals surface area (Å²) in [5.41, 5.74) is 2.20. The van der Waals surface area contributed by atoms with Crippen molar-refractivity contribution in [1.29, 1.82) is 0 Å². The Labute approximate surface area is 170 Å². The van der Waals surface area contributed by atoms with E-state index in [-0.39, 0.29) is 17.7 Å². The van der Waals surface area contributed by atoms with E-state index in [1.165, 1.54) is 5.56 Å². The zero-order chi connectivity index (χ0) is 20.8. The van der Waals surface area contributed by atoms with Gasteiger partial charge in [0.2, 0.25) is 0 Å². The first-order valence-electron chi connectivity index (χ1n) is 9.89. The molecule has 1 aromatic heterocycles. The number of nitrogens with one attached hydrogen (secondary N) is 1. The van der Waals surface area contributed by atoms with Crippen LogP contribution in [-0.2, 0) is 4.74 Å². The Balaban J connectivity index is 1.56. The number of aromatic nitrogens is 2. The van der Waals surface area contributed by atoms with E-state index in [1.807, 2.05) is 29.2 Å². The average molecular weight is 397 g/mol. The monoisotopic (exact) mass is 397 g/mol. The first kappa shape index (κ1) is 20.6. The molecule has 29 heavy (non-hydrogen) atoms. The zero-order valence-corrected chi connectivity index (χ0v) is 17.1. The molecule has 1 aliphatic heterocycles. The fourth-order valence-corrected chi connectivity index (χ4v) is 3.09. The van der Waals surface area contributed by atoms with Gasteiger partial charge in [0.05, 0.1) is 6.61 Å². The molecule has 8 nitrogen and oxygen atoms in total. The van der Waals surface area contributed by atoms with Crippen LogP contribution in [0.5, 0.6) is 0 Å². The molecule has 154 valence electrons. The maximum atomic E-state index is 12.4. The van der Waals surface area contributed by atoms with Crippen LogP contribution in [0.1, 0.15) is 42.7 Å². The van der Waals surface area contributed by atoms with Crippen molar-refractivity contribution < 1.29 is 14.3 Å². The van der Waals surface area contributed by atoms with E-state index in [9.17, 15) is 9.59 Å². The molecular weight excluding hydrogens is 370 g/mol. The molecule has 0 bridgehead atoms. The number of rotatable bonds is 5. The highest BCUT2D eigenvalue weighted by Gasteiger charge is 2.23. The Bertz CT molecular complexity index is 828. The van der Waals surface area contributed by atoms with Crippen molar-refractivity contribution in [2.24, 2.45) is 0 Å². The van der Waals surface area contributed by atoms with Gasteiger partial charge in [-0.2, -0.15) is 0 Å². The number of ether oxygens (including phenoxy) is 1. The number of benzene rings is 1. The van der Waals surface area contributed by atoms with E-state index >= 15 is 0 Å². The lowest BCUT2D eigenvalue weighted by atomic mass is 10.0. The molecule has 1 aromatic carbocycles. The van der Waals surface area contributed by atoms with Crippen molar-refractivity contribution in [3.05, 3.63) is 47.7 Å². The van der Waals surface area contributed by atoms with Gasteiger partial charge in [0.25, 0.3) is 5.91 Å². The Morgan fingerprint density at radius 1 is 1.03 bits per heavy atom. The maximum absolute atomic E-state index is 12.4. The third kappa shape index (κ3) is 5.22. The van der Waals surface area contributed by atoms with Crippen molar-refractivity contribution in [2.75, 3.05) is 43.0 Å². The van der Waals surface area contributed by atoms with Crippen LogP contribution >= 0.6 is 0 Å². The number of hydrogen-bond acceptors (Lipinski definition) is 6. The van der Waals surface area contributed by atoms with Crippen LogP contribution in [0.3, 0.4) is 0 Å². The first-order valence-corrected chi connectivity index (χ1v) is 9.89. The highest BCUT2D eigenvalue weighted by atomic mass is 16.6. The Morgan fingerprint density at radius 3 is 2.28 bits per heavy atom. The van der Waals surface area contributed by atoms with Crippen molar-refractivity contribution in [3.8, 4) is 0 Å². The summed E-state index contributed by atoms with van der Waals surface area (Å²) in [5, 5.41) is 11.1. The summed E-state index contributed by atoms with van der Waals surface area (Å²) in [6.45, 7) is 8.83. The van der Waals surface area contributed by atoms with E-state index in [4.69, 9.17) is 4.74 Å². The van der Waals surface area contributed by atoms with Crippen LogP contribution in [0, 0.1) is 0 Å². The Hall–Kier alpha value is -3.16. The number of piperazine rings is 1. The minimum Gasteiger partial charge on any atom is -0.450 e. The van der Waals surface area contributed by atoms with Crippen molar-refractivity contribution in [3.63, 3.8) is 0 Å². The van der Waals surface area contributed by atoms with Crippen LogP contribution in [0.4, 0.5) is 16.3 Å². The fourth-order valence-electron chi connectivity index (χ4n) is 3.09. The lowest BCUT2D eigenvalue weighted by molar-refractivity contribution is 0.101. The summed E-state index contributed by atoms with van der Waals surface area (Å²) in [5.74, 6) is 0.831. The third-order valence-electron chi connectivity index (χ3n) is 4.85. The molecule has 0 unspecified atom stereocenters. The molecule has 8 heteroatoms. The van der Waals surface area contributed by atoms with Crippen LogP contribution in [0.2, 0.25) is 0 Å². The van der Waals surface area contributed by atoms with Crippen LogP contribution < -0.4 is 10.2 Å². The highest BCUT2D eigenvalue weighted by molar-refractivity contribution is 6.02. The van der Waals surface area contributed by atoms with Gasteiger partial charge in [-0.05, 0) is 42.7 Å². The smallest absolute Gasteiger partial charge is 0.409 e. The van der Waals surface area contributed by atoms with E-state index < -0.39 is 0 Å². The molecule has 2 aromatic rings. The average Bonchev–Trinajstić information content (AvgIpc) is 2.74. The fraction of sp³-hybridized carbons (Fsp3) is 0.429. The summed E-state index contributed by atoms with van der Waals surface area (Å²) in [6, 6.07) is 11.2. The number of carbonyl (C=O) groups is 2. The van der Waals surface area contributed by atoms with Crippen LogP contribution in [0.15, 0.2) is 36.4 Å². The number of nitrogens with zero attached hydrogens (tertiary/aromatic N) is 4. The minimum atomic E-state index is -0.298. The Kier molecular flexibility index (Phi) is 6.64. The summed E-state index contributed by atoms with van der Waals surface area (Å²) in [4.78, 5) is 27.9. The standard InChI is InChI=1S/C21H27N5O3/c1-4-29-21(28)26-13-11-25(12-14-26)19-10-9-18(23-24-19)20(27)22-17-7-5-16(6-8-17)15(2)3/h5-10,15H,4,11-14H2,1-3H3,(H,22,27). The summed E-state index contributed by atoms with van der Waals surface area (Å²) in [7, 11) is 0. The number of anilines is 2. The van der Waals surface area contributed by atoms with Gasteiger partial charge < -0.3 is 19.9 Å². The number of amides is 2. The predicted molar refractivity (Wildman–Crippen MR) is 111 cm³/mol. The highest BCUT2D eigenvalue weighted by Crippen LogP contribution is 2.18. The van der Waals surface area contributed by atoms with Crippen molar-refractivity contribution in [2.45, 2.75) is 26.7 Å². The molecule has 1 aliphatic rings. The molecule has 0 aliphatic carbocycles. The second-order valence-corrected chi connectivity index (χ2v) is 7.18. The molecular formula is C21H27N5O3. The second kappa shape index (κ2) is 9.36. The summed E-state index contributed by atoms with van der Waals surface area (Å²) >= 11 is 0. The molecule has 1 N–H and O–H groups in total. The van der Waals surface area contributed by atoms with Gasteiger partial charge in [0.15, 0.2) is 11.5 Å². The molecule has 0 spiro atoms.